The van der Waals surface area contributed by atoms with Crippen LogP contribution in [0.25, 0.3) is 22.6 Å². The van der Waals surface area contributed by atoms with E-state index in [2.05, 4.69) is 15.0 Å². The average Bonchev–Trinajstić information content (AvgIpc) is 2.62. The molecule has 2 aromatic heterocycles. The first-order chi connectivity index (χ1) is 11.7. The molecular weight excluding hydrogens is 345 g/mol. The fourth-order valence-electron chi connectivity index (χ4n) is 2.29. The van der Waals surface area contributed by atoms with Gasteiger partial charge in [-0.15, -0.1) is 0 Å². The van der Waals surface area contributed by atoms with Crippen molar-refractivity contribution >= 4 is 5.97 Å². The summed E-state index contributed by atoms with van der Waals surface area (Å²) in [5.41, 5.74) is 1.41. The van der Waals surface area contributed by atoms with Crippen LogP contribution in [0.2, 0.25) is 0 Å². The third-order valence-electron chi connectivity index (χ3n) is 3.33. The van der Waals surface area contributed by atoms with Gasteiger partial charge >= 0.3 is 51.4 Å². The largest absolute Gasteiger partial charge is 1.00 e. The molecule has 120 valence electrons. The third-order valence-corrected chi connectivity index (χ3v) is 3.33. The van der Waals surface area contributed by atoms with E-state index in [-0.39, 0.29) is 75.1 Å². The van der Waals surface area contributed by atoms with Gasteiger partial charge in [0.25, 0.3) is 0 Å². The molecule has 0 saturated carbocycles. The first-order valence-electron chi connectivity index (χ1n) is 7.42. The second-order valence-corrected chi connectivity index (χ2v) is 4.90. The van der Waals surface area contributed by atoms with Gasteiger partial charge in [0.1, 0.15) is 0 Å². The van der Waals surface area contributed by atoms with Crippen molar-refractivity contribution in [1.29, 1.82) is 0 Å². The quantitative estimate of drug-likeness (QED) is 0.542. The molecule has 3 rings (SSSR count). The number of nitrogens with zero attached hydrogens (tertiary/aromatic N) is 3. The maximum Gasteiger partial charge on any atom is 1.00 e. The number of pyridine rings is 1. The van der Waals surface area contributed by atoms with Gasteiger partial charge in [0.15, 0.2) is 5.82 Å². The second kappa shape index (κ2) is 9.16. The van der Waals surface area contributed by atoms with Crippen molar-refractivity contribution in [3.8, 4) is 28.5 Å². The fourth-order valence-corrected chi connectivity index (χ4v) is 2.29. The topological polar surface area (TPSA) is 88.0 Å². The smallest absolute Gasteiger partial charge is 0.545 e. The average molecular weight is 359 g/mol. The van der Waals surface area contributed by atoms with E-state index in [9.17, 15) is 9.90 Å². The Balaban J connectivity index is 0.00000225. The van der Waals surface area contributed by atoms with Crippen LogP contribution in [0, 0.1) is 0 Å². The Bertz CT molecular complexity index is 858. The zero-order valence-corrected chi connectivity index (χ0v) is 17.1. The Morgan fingerprint density at radius 2 is 1.80 bits per heavy atom. The van der Waals surface area contributed by atoms with E-state index in [1.54, 1.807) is 55.7 Å². The molecule has 25 heavy (non-hydrogen) atoms. The van der Waals surface area contributed by atoms with E-state index in [1.807, 2.05) is 6.07 Å². The number of carboxylic acids is 1. The van der Waals surface area contributed by atoms with Crippen LogP contribution in [0.15, 0.2) is 54.9 Å². The SMILES string of the molecule is CCOc1nc(-c2cccnc2)nc(-c2ccccc2)c1C(=O)[O-].[K+]. The molecule has 0 N–H and O–H groups in total. The predicted molar refractivity (Wildman–Crippen MR) is 86.2 cm³/mol. The number of rotatable bonds is 5. The summed E-state index contributed by atoms with van der Waals surface area (Å²) in [5, 5.41) is 11.7. The van der Waals surface area contributed by atoms with Gasteiger partial charge in [-0.1, -0.05) is 30.3 Å². The van der Waals surface area contributed by atoms with Gasteiger partial charge < -0.3 is 14.6 Å². The Labute approximate surface area is 187 Å². The van der Waals surface area contributed by atoms with Crippen molar-refractivity contribution in [3.63, 3.8) is 0 Å². The van der Waals surface area contributed by atoms with Gasteiger partial charge in [-0.2, -0.15) is 4.98 Å². The number of carbonyl (C=O) groups excluding carboxylic acids is 1. The zero-order chi connectivity index (χ0) is 16.9. The molecular formula is C18H14KN3O3. The van der Waals surface area contributed by atoms with Crippen LogP contribution in [0.5, 0.6) is 5.88 Å². The third kappa shape index (κ3) is 4.50. The molecule has 0 atom stereocenters. The summed E-state index contributed by atoms with van der Waals surface area (Å²) < 4.78 is 5.43. The van der Waals surface area contributed by atoms with Crippen LogP contribution >= 0.6 is 0 Å². The van der Waals surface area contributed by atoms with Crippen molar-refractivity contribution in [1.82, 2.24) is 15.0 Å². The van der Waals surface area contributed by atoms with E-state index >= 15 is 0 Å². The predicted octanol–water partition coefficient (Wildman–Crippen LogP) is -1.03. The Morgan fingerprint density at radius 3 is 2.40 bits per heavy atom. The molecule has 7 heteroatoms. The summed E-state index contributed by atoms with van der Waals surface area (Å²) in [4.78, 5) is 24.4. The van der Waals surface area contributed by atoms with E-state index in [0.29, 0.717) is 17.0 Å². The van der Waals surface area contributed by atoms with Gasteiger partial charge in [-0.05, 0) is 19.1 Å². The van der Waals surface area contributed by atoms with Crippen molar-refractivity contribution < 1.29 is 66.0 Å². The fraction of sp³-hybridized carbons (Fsp3) is 0.111. The first-order valence-corrected chi connectivity index (χ1v) is 7.42. The van der Waals surface area contributed by atoms with E-state index in [0.717, 1.165) is 0 Å². The van der Waals surface area contributed by atoms with E-state index in [1.165, 1.54) is 0 Å². The molecule has 0 aliphatic heterocycles. The number of hydrogen-bond donors (Lipinski definition) is 0. The molecule has 2 heterocycles. The van der Waals surface area contributed by atoms with Crippen LogP contribution in [0.3, 0.4) is 0 Å². The van der Waals surface area contributed by atoms with Crippen molar-refractivity contribution in [3.05, 3.63) is 60.4 Å². The van der Waals surface area contributed by atoms with Crippen LogP contribution in [0.4, 0.5) is 0 Å². The van der Waals surface area contributed by atoms with E-state index < -0.39 is 5.97 Å². The summed E-state index contributed by atoms with van der Waals surface area (Å²) in [6, 6.07) is 12.6. The summed E-state index contributed by atoms with van der Waals surface area (Å²) in [5.74, 6) is -1.05. The Morgan fingerprint density at radius 1 is 1.08 bits per heavy atom. The molecule has 0 aliphatic rings. The number of hydrogen-bond acceptors (Lipinski definition) is 6. The van der Waals surface area contributed by atoms with Gasteiger partial charge in [0.2, 0.25) is 5.88 Å². The minimum absolute atomic E-state index is 0. The van der Waals surface area contributed by atoms with Gasteiger partial charge in [-0.3, -0.25) is 4.98 Å². The molecule has 0 fully saturated rings. The summed E-state index contributed by atoms with van der Waals surface area (Å²) in [6.45, 7) is 2.03. The number of carbonyl (C=O) groups is 1. The normalized spacial score (nSPS) is 9.96. The number of aromatic carboxylic acids is 1. The minimum Gasteiger partial charge on any atom is -0.545 e. The first kappa shape index (κ1) is 19.7. The molecule has 0 amide bonds. The number of aromatic nitrogens is 3. The van der Waals surface area contributed by atoms with Crippen LogP contribution in [-0.4, -0.2) is 27.5 Å². The number of benzene rings is 1. The molecule has 0 saturated heterocycles. The number of ether oxygens (including phenoxy) is 1. The number of carboxylic acid groups (broad SMARTS) is 1. The monoisotopic (exact) mass is 359 g/mol. The molecule has 0 spiro atoms. The molecule has 6 nitrogen and oxygen atoms in total. The van der Waals surface area contributed by atoms with Crippen LogP contribution in [-0.2, 0) is 0 Å². The summed E-state index contributed by atoms with van der Waals surface area (Å²) in [6.07, 6.45) is 3.25. The van der Waals surface area contributed by atoms with E-state index in [4.69, 9.17) is 4.74 Å². The maximum absolute atomic E-state index is 11.7. The van der Waals surface area contributed by atoms with Crippen molar-refractivity contribution in [2.45, 2.75) is 6.92 Å². The Hall–Kier alpha value is -1.64. The molecule has 0 unspecified atom stereocenters. The molecule has 0 bridgehead atoms. The molecule has 1 aromatic carbocycles. The standard InChI is InChI=1S/C18H15N3O3.K/c1-2-24-17-14(18(22)23)15(12-7-4-3-5-8-12)20-16(21-17)13-9-6-10-19-11-13;/h3-11H,2H2,1H3,(H,22,23);/q;+1/p-1. The maximum atomic E-state index is 11.7. The summed E-state index contributed by atoms with van der Waals surface area (Å²) >= 11 is 0. The van der Waals surface area contributed by atoms with Crippen LogP contribution in [0.1, 0.15) is 17.3 Å². The van der Waals surface area contributed by atoms with Crippen molar-refractivity contribution in [2.75, 3.05) is 6.61 Å². The Kier molecular flexibility index (Phi) is 7.21. The minimum atomic E-state index is -1.38. The molecule has 0 radical (unpaired) electrons. The van der Waals surface area contributed by atoms with Gasteiger partial charge in [0.05, 0.1) is 23.8 Å². The van der Waals surface area contributed by atoms with Gasteiger partial charge in [-0.25, -0.2) is 4.98 Å². The summed E-state index contributed by atoms with van der Waals surface area (Å²) in [7, 11) is 0. The van der Waals surface area contributed by atoms with Crippen LogP contribution < -0.4 is 61.2 Å². The zero-order valence-electron chi connectivity index (χ0n) is 14.0. The molecule has 0 aliphatic carbocycles. The molecule has 3 aromatic rings. The van der Waals surface area contributed by atoms with Crippen molar-refractivity contribution in [2.24, 2.45) is 0 Å². The van der Waals surface area contributed by atoms with Gasteiger partial charge in [0, 0.05) is 23.5 Å². The second-order valence-electron chi connectivity index (χ2n) is 4.90.